The van der Waals surface area contributed by atoms with Gasteiger partial charge >= 0.3 is 0 Å². The number of aliphatic hydroxyl groups is 2. The maximum atomic E-state index is 9.60. The Kier molecular flexibility index (Phi) is 2.88. The number of hydrogen-bond donors (Lipinski definition) is 2. The number of aromatic nitrogens is 1. The Morgan fingerprint density at radius 2 is 2.40 bits per heavy atom. The minimum Gasteiger partial charge on any atom is -0.391 e. The molecule has 2 N–H and O–H groups in total. The number of β-amino-alcohol motifs (C(OH)–C–C–N with tert-alkyl or cyclic N) is 1. The summed E-state index contributed by atoms with van der Waals surface area (Å²) in [6.07, 6.45) is 1.70. The van der Waals surface area contributed by atoms with Crippen molar-refractivity contribution in [1.82, 2.24) is 4.98 Å². The van der Waals surface area contributed by atoms with Crippen molar-refractivity contribution in [3.63, 3.8) is 0 Å². The average Bonchev–Trinajstić information content (AvgIpc) is 2.65. The summed E-state index contributed by atoms with van der Waals surface area (Å²) >= 11 is 0. The molecule has 2 atom stereocenters. The van der Waals surface area contributed by atoms with E-state index in [1.807, 2.05) is 17.0 Å². The predicted molar refractivity (Wildman–Crippen MR) is 57.7 cm³/mol. The molecule has 4 nitrogen and oxygen atoms in total. The summed E-state index contributed by atoms with van der Waals surface area (Å²) in [4.78, 5) is 6.29. The van der Waals surface area contributed by atoms with Crippen molar-refractivity contribution in [2.45, 2.75) is 25.6 Å². The van der Waals surface area contributed by atoms with Crippen molar-refractivity contribution < 1.29 is 10.2 Å². The zero-order chi connectivity index (χ0) is 10.8. The van der Waals surface area contributed by atoms with Crippen LogP contribution in [-0.4, -0.2) is 34.4 Å². The molecule has 1 aromatic rings. The fourth-order valence-corrected chi connectivity index (χ4v) is 1.93. The van der Waals surface area contributed by atoms with Gasteiger partial charge in [-0.3, -0.25) is 0 Å². The second-order valence-corrected chi connectivity index (χ2v) is 3.98. The number of nitrogens with zero attached hydrogens (tertiary/aromatic N) is 2. The fourth-order valence-electron chi connectivity index (χ4n) is 1.93. The van der Waals surface area contributed by atoms with Crippen LogP contribution in [0.2, 0.25) is 0 Å². The van der Waals surface area contributed by atoms with Crippen LogP contribution in [0.3, 0.4) is 0 Å². The van der Waals surface area contributed by atoms with Crippen LogP contribution >= 0.6 is 0 Å². The summed E-state index contributed by atoms with van der Waals surface area (Å²) in [7, 11) is 0. The Morgan fingerprint density at radius 1 is 1.60 bits per heavy atom. The van der Waals surface area contributed by atoms with Crippen molar-refractivity contribution in [2.24, 2.45) is 0 Å². The molecule has 15 heavy (non-hydrogen) atoms. The van der Waals surface area contributed by atoms with Crippen LogP contribution in [-0.2, 0) is 0 Å². The standard InChI is InChI=1S/C11H16N2O2/c1-8(14)10-3-2-5-12-11(10)13-6-4-9(15)7-13/h2-3,5,8-9,14-15H,4,6-7H2,1H3/t8-,9?/m1/s1. The van der Waals surface area contributed by atoms with Crippen LogP contribution in [0, 0.1) is 0 Å². The Balaban J connectivity index is 2.27. The molecule has 1 aliphatic heterocycles. The van der Waals surface area contributed by atoms with E-state index >= 15 is 0 Å². The van der Waals surface area contributed by atoms with E-state index in [-0.39, 0.29) is 6.10 Å². The lowest BCUT2D eigenvalue weighted by molar-refractivity contribution is 0.195. The first-order chi connectivity index (χ1) is 7.18. The molecular weight excluding hydrogens is 192 g/mol. The zero-order valence-corrected chi connectivity index (χ0v) is 8.80. The molecule has 1 unspecified atom stereocenters. The second-order valence-electron chi connectivity index (χ2n) is 3.98. The average molecular weight is 208 g/mol. The minimum absolute atomic E-state index is 0.270. The molecule has 0 amide bonds. The molecule has 0 aliphatic carbocycles. The zero-order valence-electron chi connectivity index (χ0n) is 8.80. The first-order valence-electron chi connectivity index (χ1n) is 5.24. The summed E-state index contributed by atoms with van der Waals surface area (Å²) < 4.78 is 0. The predicted octanol–water partition coefficient (Wildman–Crippen LogP) is 0.706. The van der Waals surface area contributed by atoms with Crippen LogP contribution in [0.4, 0.5) is 5.82 Å². The highest BCUT2D eigenvalue weighted by molar-refractivity contribution is 5.48. The Bertz CT molecular complexity index is 341. The lowest BCUT2D eigenvalue weighted by atomic mass is 10.1. The second kappa shape index (κ2) is 4.16. The summed E-state index contributed by atoms with van der Waals surface area (Å²) in [5.41, 5.74) is 0.826. The van der Waals surface area contributed by atoms with Gasteiger partial charge in [0.15, 0.2) is 0 Å². The van der Waals surface area contributed by atoms with Gasteiger partial charge in [-0.05, 0) is 19.4 Å². The first kappa shape index (κ1) is 10.4. The van der Waals surface area contributed by atoms with Crippen LogP contribution < -0.4 is 4.90 Å². The van der Waals surface area contributed by atoms with E-state index in [2.05, 4.69) is 4.98 Å². The molecule has 1 fully saturated rings. The Hall–Kier alpha value is -1.13. The first-order valence-corrected chi connectivity index (χ1v) is 5.24. The largest absolute Gasteiger partial charge is 0.391 e. The third kappa shape index (κ3) is 2.11. The Labute approximate surface area is 89.2 Å². The molecule has 0 bridgehead atoms. The normalized spacial score (nSPS) is 23.1. The molecule has 0 radical (unpaired) electrons. The molecule has 0 saturated carbocycles. The molecule has 2 rings (SSSR count). The molecule has 4 heteroatoms. The van der Waals surface area contributed by atoms with Crippen molar-refractivity contribution >= 4 is 5.82 Å². The maximum Gasteiger partial charge on any atom is 0.134 e. The lowest BCUT2D eigenvalue weighted by Crippen LogP contribution is -2.23. The molecule has 1 aromatic heterocycles. The number of rotatable bonds is 2. The van der Waals surface area contributed by atoms with Crippen molar-refractivity contribution in [3.8, 4) is 0 Å². The third-order valence-corrected chi connectivity index (χ3v) is 2.73. The molecule has 0 aromatic carbocycles. The lowest BCUT2D eigenvalue weighted by Gasteiger charge is -2.20. The van der Waals surface area contributed by atoms with Crippen LogP contribution in [0.5, 0.6) is 0 Å². The van der Waals surface area contributed by atoms with Gasteiger partial charge in [0.2, 0.25) is 0 Å². The summed E-state index contributed by atoms with van der Waals surface area (Å²) in [5.74, 6) is 0.795. The van der Waals surface area contributed by atoms with Crippen molar-refractivity contribution in [1.29, 1.82) is 0 Å². The number of anilines is 1. The van der Waals surface area contributed by atoms with E-state index in [1.165, 1.54) is 0 Å². The molecule has 82 valence electrons. The molecule has 1 aliphatic rings. The van der Waals surface area contributed by atoms with Gasteiger partial charge in [0.05, 0.1) is 12.2 Å². The molecule has 0 spiro atoms. The van der Waals surface area contributed by atoms with E-state index in [0.717, 1.165) is 24.3 Å². The van der Waals surface area contributed by atoms with E-state index in [4.69, 9.17) is 0 Å². The van der Waals surface area contributed by atoms with Gasteiger partial charge in [0.1, 0.15) is 5.82 Å². The minimum atomic E-state index is -0.522. The van der Waals surface area contributed by atoms with Gasteiger partial charge < -0.3 is 15.1 Å². The van der Waals surface area contributed by atoms with E-state index in [1.54, 1.807) is 13.1 Å². The van der Waals surface area contributed by atoms with Gasteiger partial charge in [-0.25, -0.2) is 4.98 Å². The maximum absolute atomic E-state index is 9.60. The quantitative estimate of drug-likeness (QED) is 0.751. The molecule has 2 heterocycles. The fraction of sp³-hybridized carbons (Fsp3) is 0.545. The van der Waals surface area contributed by atoms with Gasteiger partial charge in [-0.2, -0.15) is 0 Å². The SMILES string of the molecule is C[C@@H](O)c1cccnc1N1CCC(O)C1. The van der Waals surface area contributed by atoms with E-state index in [0.29, 0.717) is 6.54 Å². The highest BCUT2D eigenvalue weighted by atomic mass is 16.3. The monoisotopic (exact) mass is 208 g/mol. The molecule has 1 saturated heterocycles. The molecular formula is C11H16N2O2. The van der Waals surface area contributed by atoms with Gasteiger partial charge in [0.25, 0.3) is 0 Å². The third-order valence-electron chi connectivity index (χ3n) is 2.73. The topological polar surface area (TPSA) is 56.6 Å². The number of pyridine rings is 1. The van der Waals surface area contributed by atoms with Gasteiger partial charge in [-0.15, -0.1) is 0 Å². The summed E-state index contributed by atoms with van der Waals surface area (Å²) in [6.45, 7) is 3.14. The summed E-state index contributed by atoms with van der Waals surface area (Å²) in [5, 5.41) is 19.1. The van der Waals surface area contributed by atoms with Gasteiger partial charge in [-0.1, -0.05) is 6.07 Å². The highest BCUT2D eigenvalue weighted by Crippen LogP contribution is 2.26. The Morgan fingerprint density at radius 3 is 3.00 bits per heavy atom. The smallest absolute Gasteiger partial charge is 0.134 e. The van der Waals surface area contributed by atoms with Crippen LogP contribution in [0.1, 0.15) is 25.0 Å². The van der Waals surface area contributed by atoms with Gasteiger partial charge in [0, 0.05) is 24.8 Å². The van der Waals surface area contributed by atoms with Crippen LogP contribution in [0.15, 0.2) is 18.3 Å². The van der Waals surface area contributed by atoms with E-state index < -0.39 is 6.10 Å². The van der Waals surface area contributed by atoms with E-state index in [9.17, 15) is 10.2 Å². The number of aliphatic hydroxyl groups excluding tert-OH is 2. The van der Waals surface area contributed by atoms with Crippen LogP contribution in [0.25, 0.3) is 0 Å². The van der Waals surface area contributed by atoms with Crippen molar-refractivity contribution in [3.05, 3.63) is 23.9 Å². The summed E-state index contributed by atoms with van der Waals surface area (Å²) in [6, 6.07) is 3.69. The highest BCUT2D eigenvalue weighted by Gasteiger charge is 2.24. The van der Waals surface area contributed by atoms with Crippen molar-refractivity contribution in [2.75, 3.05) is 18.0 Å². The number of hydrogen-bond acceptors (Lipinski definition) is 4.